The summed E-state index contributed by atoms with van der Waals surface area (Å²) in [4.78, 5) is 24.7. The maximum atomic E-state index is 12.4. The minimum atomic E-state index is -0.471. The van der Waals surface area contributed by atoms with Crippen molar-refractivity contribution in [3.63, 3.8) is 0 Å². The van der Waals surface area contributed by atoms with Gasteiger partial charge in [0.05, 0.1) is 5.56 Å². The summed E-state index contributed by atoms with van der Waals surface area (Å²) in [7, 11) is 0. The van der Waals surface area contributed by atoms with Crippen molar-refractivity contribution in [2.24, 2.45) is 0 Å². The molecule has 26 heavy (non-hydrogen) atoms. The van der Waals surface area contributed by atoms with E-state index in [0.29, 0.717) is 21.7 Å². The number of benzene rings is 3. The number of hydrogen-bond donors (Lipinski definition) is 0. The van der Waals surface area contributed by atoms with E-state index in [-0.39, 0.29) is 5.78 Å². The first-order chi connectivity index (χ1) is 12.6. The number of rotatable bonds is 5. The van der Waals surface area contributed by atoms with Crippen molar-refractivity contribution in [3.05, 3.63) is 106 Å². The predicted octanol–water partition coefficient (Wildman–Crippen LogP) is 5.49. The first-order valence-electron chi connectivity index (χ1n) is 8.21. The Hall–Kier alpha value is -2.91. The molecule has 0 radical (unpaired) electrons. The second-order valence-corrected chi connectivity index (χ2v) is 6.25. The highest BCUT2D eigenvalue weighted by molar-refractivity contribution is 6.31. The molecule has 3 nitrogen and oxygen atoms in total. The van der Waals surface area contributed by atoms with Crippen LogP contribution in [-0.4, -0.2) is 11.8 Å². The van der Waals surface area contributed by atoms with Crippen molar-refractivity contribution in [3.8, 4) is 0 Å². The van der Waals surface area contributed by atoms with Crippen LogP contribution < -0.4 is 0 Å². The van der Waals surface area contributed by atoms with Gasteiger partial charge in [-0.25, -0.2) is 4.79 Å². The van der Waals surface area contributed by atoms with E-state index in [1.54, 1.807) is 49.4 Å². The van der Waals surface area contributed by atoms with Gasteiger partial charge < -0.3 is 4.74 Å². The molecule has 3 rings (SSSR count). The van der Waals surface area contributed by atoms with E-state index in [1.807, 2.05) is 36.4 Å². The molecule has 0 aliphatic heterocycles. The number of ether oxygens (including phenoxy) is 1. The van der Waals surface area contributed by atoms with Crippen LogP contribution in [0.5, 0.6) is 0 Å². The van der Waals surface area contributed by atoms with E-state index in [0.717, 1.165) is 5.56 Å². The molecule has 4 heteroatoms. The molecule has 0 N–H and O–H groups in total. The van der Waals surface area contributed by atoms with Gasteiger partial charge in [0.2, 0.25) is 0 Å². The minimum absolute atomic E-state index is 0.0880. The topological polar surface area (TPSA) is 43.4 Å². The first kappa shape index (κ1) is 17.9. The highest BCUT2D eigenvalue weighted by Crippen LogP contribution is 2.26. The van der Waals surface area contributed by atoms with Crippen molar-refractivity contribution in [1.29, 1.82) is 0 Å². The average molecular weight is 365 g/mol. The molecule has 0 fully saturated rings. The summed E-state index contributed by atoms with van der Waals surface area (Å²) in [5, 5.41) is 0.552. The molecule has 3 aromatic carbocycles. The third-order valence-electron chi connectivity index (χ3n) is 4.05. The highest BCUT2D eigenvalue weighted by Gasteiger charge is 2.16. The lowest BCUT2D eigenvalue weighted by atomic mass is 10.0. The van der Waals surface area contributed by atoms with E-state index in [4.69, 9.17) is 16.3 Å². The summed E-state index contributed by atoms with van der Waals surface area (Å²) < 4.78 is 5.48. The lowest BCUT2D eigenvalue weighted by Crippen LogP contribution is -2.10. The van der Waals surface area contributed by atoms with Crippen LogP contribution in [0.4, 0.5) is 0 Å². The quantitative estimate of drug-likeness (QED) is 0.444. The van der Waals surface area contributed by atoms with Crippen LogP contribution in [-0.2, 0) is 4.74 Å². The Morgan fingerprint density at radius 3 is 1.96 bits per heavy atom. The Labute approximate surface area is 157 Å². The number of ketones is 1. The molecule has 0 saturated carbocycles. The summed E-state index contributed by atoms with van der Waals surface area (Å²) in [5.41, 5.74) is 2.26. The van der Waals surface area contributed by atoms with Crippen LogP contribution in [0.25, 0.3) is 0 Å². The van der Waals surface area contributed by atoms with Gasteiger partial charge in [0.15, 0.2) is 5.78 Å². The van der Waals surface area contributed by atoms with Crippen LogP contribution in [0.2, 0.25) is 5.02 Å². The second-order valence-electron chi connectivity index (χ2n) is 5.84. The molecule has 0 saturated heterocycles. The normalized spacial score (nSPS) is 11.6. The maximum Gasteiger partial charge on any atom is 0.338 e. The zero-order chi connectivity index (χ0) is 18.5. The Balaban J connectivity index is 1.71. The Bertz CT molecular complexity index is 918. The standard InChI is InChI=1S/C22H17ClO3/c1-15(19-9-5-6-10-20(19)23)26-22(25)18-13-11-17(12-14-18)21(24)16-7-3-2-4-8-16/h2-15H,1H3/t15-/m1/s1. The van der Waals surface area contributed by atoms with E-state index in [9.17, 15) is 9.59 Å². The monoisotopic (exact) mass is 364 g/mol. The Morgan fingerprint density at radius 2 is 1.31 bits per heavy atom. The molecule has 1 atom stereocenters. The van der Waals surface area contributed by atoms with Gasteiger partial charge in [0, 0.05) is 21.7 Å². The molecule has 0 aromatic heterocycles. The molecule has 0 aliphatic rings. The molecular weight excluding hydrogens is 348 g/mol. The van der Waals surface area contributed by atoms with E-state index in [1.165, 1.54) is 0 Å². The average Bonchev–Trinajstić information content (AvgIpc) is 2.68. The molecular formula is C22H17ClO3. The predicted molar refractivity (Wildman–Crippen MR) is 102 cm³/mol. The van der Waals surface area contributed by atoms with Crippen molar-refractivity contribution >= 4 is 23.4 Å². The van der Waals surface area contributed by atoms with Crippen LogP contribution >= 0.6 is 11.6 Å². The van der Waals surface area contributed by atoms with Crippen molar-refractivity contribution in [1.82, 2.24) is 0 Å². The van der Waals surface area contributed by atoms with Gasteiger partial charge in [-0.2, -0.15) is 0 Å². The SMILES string of the molecule is C[C@@H](OC(=O)c1ccc(C(=O)c2ccccc2)cc1)c1ccccc1Cl. The van der Waals surface area contributed by atoms with Gasteiger partial charge in [0.1, 0.15) is 6.10 Å². The van der Waals surface area contributed by atoms with Crippen molar-refractivity contribution in [2.75, 3.05) is 0 Å². The van der Waals surface area contributed by atoms with Gasteiger partial charge in [-0.05, 0) is 25.1 Å². The second kappa shape index (κ2) is 7.98. The maximum absolute atomic E-state index is 12.4. The van der Waals surface area contributed by atoms with Gasteiger partial charge in [-0.1, -0.05) is 72.3 Å². The van der Waals surface area contributed by atoms with Crippen molar-refractivity contribution in [2.45, 2.75) is 13.0 Å². The van der Waals surface area contributed by atoms with Crippen LogP contribution in [0, 0.1) is 0 Å². The van der Waals surface area contributed by atoms with Gasteiger partial charge in [0.25, 0.3) is 0 Å². The summed E-state index contributed by atoms with van der Waals surface area (Å²) in [6.07, 6.45) is -0.471. The lowest BCUT2D eigenvalue weighted by Gasteiger charge is -2.15. The fourth-order valence-electron chi connectivity index (χ4n) is 2.61. The zero-order valence-electron chi connectivity index (χ0n) is 14.2. The summed E-state index contributed by atoms with van der Waals surface area (Å²) in [6, 6.07) is 22.7. The highest BCUT2D eigenvalue weighted by atomic mass is 35.5. The van der Waals surface area contributed by atoms with Gasteiger partial charge >= 0.3 is 5.97 Å². The Kier molecular flexibility index (Phi) is 5.49. The molecule has 0 heterocycles. The largest absolute Gasteiger partial charge is 0.454 e. The Morgan fingerprint density at radius 1 is 0.769 bits per heavy atom. The molecule has 0 amide bonds. The lowest BCUT2D eigenvalue weighted by molar-refractivity contribution is 0.0338. The van der Waals surface area contributed by atoms with Gasteiger partial charge in [-0.15, -0.1) is 0 Å². The summed E-state index contributed by atoms with van der Waals surface area (Å²) >= 11 is 6.13. The third kappa shape index (κ3) is 4.01. The number of hydrogen-bond acceptors (Lipinski definition) is 3. The fourth-order valence-corrected chi connectivity index (χ4v) is 2.90. The first-order valence-corrected chi connectivity index (χ1v) is 8.59. The van der Waals surface area contributed by atoms with Crippen LogP contribution in [0.1, 0.15) is 44.9 Å². The van der Waals surface area contributed by atoms with E-state index < -0.39 is 12.1 Å². The number of carbonyl (C=O) groups excluding carboxylic acids is 2. The summed E-state index contributed by atoms with van der Waals surface area (Å²) in [6.45, 7) is 1.77. The van der Waals surface area contributed by atoms with E-state index >= 15 is 0 Å². The number of esters is 1. The summed E-state index contributed by atoms with van der Waals surface area (Å²) in [5.74, 6) is -0.550. The van der Waals surface area contributed by atoms with E-state index in [2.05, 4.69) is 0 Å². The molecule has 0 spiro atoms. The smallest absolute Gasteiger partial charge is 0.338 e. The number of carbonyl (C=O) groups is 2. The molecule has 130 valence electrons. The van der Waals surface area contributed by atoms with Crippen LogP contribution in [0.15, 0.2) is 78.9 Å². The fraction of sp³-hybridized carbons (Fsp3) is 0.0909. The number of halogens is 1. The minimum Gasteiger partial charge on any atom is -0.454 e. The molecule has 0 aliphatic carbocycles. The molecule has 3 aromatic rings. The van der Waals surface area contributed by atoms with Crippen molar-refractivity contribution < 1.29 is 14.3 Å². The molecule has 0 bridgehead atoms. The zero-order valence-corrected chi connectivity index (χ0v) is 14.9. The molecule has 0 unspecified atom stereocenters. The third-order valence-corrected chi connectivity index (χ3v) is 4.39. The van der Waals surface area contributed by atoms with Gasteiger partial charge in [-0.3, -0.25) is 4.79 Å². The van der Waals surface area contributed by atoms with Crippen LogP contribution in [0.3, 0.4) is 0 Å².